The molecule has 29 heavy (non-hydrogen) atoms. The van der Waals surface area contributed by atoms with Gasteiger partial charge in [-0.25, -0.2) is 0 Å². The van der Waals surface area contributed by atoms with E-state index in [9.17, 15) is 9.90 Å². The zero-order valence-electron chi connectivity index (χ0n) is 18.4. The van der Waals surface area contributed by atoms with Crippen LogP contribution in [-0.2, 0) is 16.1 Å². The maximum Gasteiger partial charge on any atom is 0.303 e. The largest absolute Gasteiger partial charge is 0.481 e. The average molecular weight is 407 g/mol. The molecule has 0 bridgehead atoms. The number of rotatable bonds is 19. The van der Waals surface area contributed by atoms with Crippen LogP contribution in [0.2, 0.25) is 0 Å². The van der Waals surface area contributed by atoms with Gasteiger partial charge < -0.3 is 14.9 Å². The summed E-state index contributed by atoms with van der Waals surface area (Å²) in [5.41, 5.74) is 1.16. The Balaban J connectivity index is 2.28. The molecule has 1 aromatic carbocycles. The van der Waals surface area contributed by atoms with E-state index in [1.54, 1.807) is 0 Å². The van der Waals surface area contributed by atoms with Gasteiger partial charge in [-0.2, -0.15) is 0 Å². The van der Waals surface area contributed by atoms with Gasteiger partial charge in [0.05, 0.1) is 18.8 Å². The minimum absolute atomic E-state index is 0.124. The highest BCUT2D eigenvalue weighted by Crippen LogP contribution is 2.18. The van der Waals surface area contributed by atoms with Crippen LogP contribution in [0.5, 0.6) is 0 Å². The van der Waals surface area contributed by atoms with Crippen molar-refractivity contribution in [2.24, 2.45) is 0 Å². The van der Waals surface area contributed by atoms with E-state index in [2.05, 4.69) is 19.1 Å². The molecule has 2 N–H and O–H groups in total. The SMILES string of the molecule is CCCCCCCCC(O)CCC(CCCCCC(=O)O)OCc1ccccc1. The van der Waals surface area contributed by atoms with Gasteiger partial charge in [0.15, 0.2) is 0 Å². The summed E-state index contributed by atoms with van der Waals surface area (Å²) in [6, 6.07) is 10.2. The van der Waals surface area contributed by atoms with Crippen molar-refractivity contribution in [3.05, 3.63) is 35.9 Å². The molecule has 166 valence electrons. The highest BCUT2D eigenvalue weighted by molar-refractivity contribution is 5.66. The molecule has 2 unspecified atom stereocenters. The van der Waals surface area contributed by atoms with E-state index >= 15 is 0 Å². The van der Waals surface area contributed by atoms with E-state index in [-0.39, 0.29) is 18.6 Å². The zero-order valence-corrected chi connectivity index (χ0v) is 18.4. The molecule has 0 aliphatic heterocycles. The lowest BCUT2D eigenvalue weighted by atomic mass is 10.00. The molecule has 1 rings (SSSR count). The summed E-state index contributed by atoms with van der Waals surface area (Å²) in [6.07, 6.45) is 13.7. The van der Waals surface area contributed by atoms with Crippen molar-refractivity contribution < 1.29 is 19.7 Å². The second kappa shape index (κ2) is 17.5. The number of carbonyl (C=O) groups is 1. The first-order valence-electron chi connectivity index (χ1n) is 11.7. The molecule has 4 heteroatoms. The van der Waals surface area contributed by atoms with Gasteiger partial charge in [0, 0.05) is 6.42 Å². The number of unbranched alkanes of at least 4 members (excludes halogenated alkanes) is 7. The second-order valence-corrected chi connectivity index (χ2v) is 8.20. The fourth-order valence-electron chi connectivity index (χ4n) is 3.61. The number of aliphatic hydroxyl groups is 1. The van der Waals surface area contributed by atoms with E-state index in [4.69, 9.17) is 9.84 Å². The van der Waals surface area contributed by atoms with Crippen LogP contribution in [0.4, 0.5) is 0 Å². The molecular formula is C25H42O4. The number of ether oxygens (including phenoxy) is 1. The van der Waals surface area contributed by atoms with Gasteiger partial charge in [0.1, 0.15) is 0 Å². The molecule has 0 amide bonds. The molecule has 0 spiro atoms. The predicted molar refractivity (Wildman–Crippen MR) is 119 cm³/mol. The number of aliphatic carboxylic acids is 1. The van der Waals surface area contributed by atoms with Gasteiger partial charge in [0.2, 0.25) is 0 Å². The third-order valence-corrected chi connectivity index (χ3v) is 5.46. The minimum atomic E-state index is -0.723. The van der Waals surface area contributed by atoms with Gasteiger partial charge in [-0.1, -0.05) is 88.6 Å². The Morgan fingerprint density at radius 2 is 1.52 bits per heavy atom. The number of hydrogen-bond acceptors (Lipinski definition) is 3. The Morgan fingerprint density at radius 1 is 0.862 bits per heavy atom. The number of carboxylic acid groups (broad SMARTS) is 1. The summed E-state index contributed by atoms with van der Waals surface area (Å²) in [6.45, 7) is 2.82. The van der Waals surface area contributed by atoms with Crippen LogP contribution in [0, 0.1) is 0 Å². The quantitative estimate of drug-likeness (QED) is 0.257. The van der Waals surface area contributed by atoms with Crippen molar-refractivity contribution in [3.63, 3.8) is 0 Å². The Labute approximate surface area is 177 Å². The van der Waals surface area contributed by atoms with Gasteiger partial charge in [-0.05, 0) is 37.7 Å². The Morgan fingerprint density at radius 3 is 2.24 bits per heavy atom. The Kier molecular flexibility index (Phi) is 15.4. The summed E-state index contributed by atoms with van der Waals surface area (Å²) >= 11 is 0. The smallest absolute Gasteiger partial charge is 0.303 e. The number of benzene rings is 1. The molecule has 0 fully saturated rings. The molecule has 0 radical (unpaired) electrons. The van der Waals surface area contributed by atoms with Gasteiger partial charge in [-0.3, -0.25) is 4.79 Å². The lowest BCUT2D eigenvalue weighted by Gasteiger charge is -2.20. The summed E-state index contributed by atoms with van der Waals surface area (Å²) in [5.74, 6) is -0.723. The third kappa shape index (κ3) is 15.2. The molecule has 0 aliphatic rings. The predicted octanol–water partition coefficient (Wildman–Crippen LogP) is 6.50. The molecule has 0 saturated carbocycles. The minimum Gasteiger partial charge on any atom is -0.481 e. The molecule has 0 aliphatic carbocycles. The topological polar surface area (TPSA) is 66.8 Å². The number of aliphatic hydroxyl groups excluding tert-OH is 1. The van der Waals surface area contributed by atoms with Crippen molar-refractivity contribution in [2.45, 2.75) is 116 Å². The van der Waals surface area contributed by atoms with Crippen molar-refractivity contribution >= 4 is 5.97 Å². The molecular weight excluding hydrogens is 364 g/mol. The van der Waals surface area contributed by atoms with Crippen molar-refractivity contribution in [2.75, 3.05) is 0 Å². The third-order valence-electron chi connectivity index (χ3n) is 5.46. The Bertz CT molecular complexity index is 503. The highest BCUT2D eigenvalue weighted by Gasteiger charge is 2.13. The fraction of sp³-hybridized carbons (Fsp3) is 0.720. The summed E-state index contributed by atoms with van der Waals surface area (Å²) < 4.78 is 6.15. The van der Waals surface area contributed by atoms with Crippen molar-refractivity contribution in [3.8, 4) is 0 Å². The molecule has 1 aromatic rings. The maximum atomic E-state index is 10.6. The van der Waals surface area contributed by atoms with E-state index in [1.165, 1.54) is 32.1 Å². The zero-order chi connectivity index (χ0) is 21.2. The van der Waals surface area contributed by atoms with Crippen molar-refractivity contribution in [1.82, 2.24) is 0 Å². The van der Waals surface area contributed by atoms with Crippen LogP contribution < -0.4 is 0 Å². The number of carboxylic acids is 1. The van der Waals surface area contributed by atoms with Crippen LogP contribution >= 0.6 is 0 Å². The van der Waals surface area contributed by atoms with Crippen LogP contribution in [0.15, 0.2) is 30.3 Å². The summed E-state index contributed by atoms with van der Waals surface area (Å²) in [4.78, 5) is 10.6. The Hall–Kier alpha value is -1.39. The van der Waals surface area contributed by atoms with E-state index < -0.39 is 5.97 Å². The van der Waals surface area contributed by atoms with Gasteiger partial charge >= 0.3 is 5.97 Å². The monoisotopic (exact) mass is 406 g/mol. The van der Waals surface area contributed by atoms with Crippen LogP contribution in [0.3, 0.4) is 0 Å². The molecule has 2 atom stereocenters. The molecule has 0 heterocycles. The number of hydrogen-bond donors (Lipinski definition) is 2. The van der Waals surface area contributed by atoms with E-state index in [0.29, 0.717) is 6.61 Å². The van der Waals surface area contributed by atoms with Gasteiger partial charge in [-0.15, -0.1) is 0 Å². The standard InChI is InChI=1S/C25H42O4/c1-2-3-4-5-6-11-16-23(26)19-20-24(17-12-8-13-18-25(27)28)29-21-22-14-9-7-10-15-22/h7,9-10,14-15,23-24,26H,2-6,8,11-13,16-21H2,1H3,(H,27,28). The maximum absolute atomic E-state index is 10.6. The van der Waals surface area contributed by atoms with Crippen LogP contribution in [-0.4, -0.2) is 28.4 Å². The van der Waals surface area contributed by atoms with Gasteiger partial charge in [0.25, 0.3) is 0 Å². The van der Waals surface area contributed by atoms with E-state index in [0.717, 1.165) is 56.9 Å². The molecule has 4 nitrogen and oxygen atoms in total. The lowest BCUT2D eigenvalue weighted by Crippen LogP contribution is -2.17. The van der Waals surface area contributed by atoms with Crippen molar-refractivity contribution in [1.29, 1.82) is 0 Å². The first kappa shape index (κ1) is 25.6. The first-order valence-corrected chi connectivity index (χ1v) is 11.7. The summed E-state index contributed by atoms with van der Waals surface area (Å²) in [7, 11) is 0. The summed E-state index contributed by atoms with van der Waals surface area (Å²) in [5, 5.41) is 19.1. The van der Waals surface area contributed by atoms with E-state index in [1.807, 2.05) is 18.2 Å². The molecule has 0 saturated heterocycles. The highest BCUT2D eigenvalue weighted by atomic mass is 16.5. The molecule has 0 aromatic heterocycles. The normalized spacial score (nSPS) is 13.3. The fourth-order valence-corrected chi connectivity index (χ4v) is 3.61. The first-order chi connectivity index (χ1) is 14.1. The second-order valence-electron chi connectivity index (χ2n) is 8.20. The van der Waals surface area contributed by atoms with Crippen LogP contribution in [0.1, 0.15) is 102 Å². The average Bonchev–Trinajstić information content (AvgIpc) is 2.72. The lowest BCUT2D eigenvalue weighted by molar-refractivity contribution is -0.137. The van der Waals surface area contributed by atoms with Crippen LogP contribution in [0.25, 0.3) is 0 Å².